The predicted octanol–water partition coefficient (Wildman–Crippen LogP) is 4.41. The fraction of sp³-hybridized carbons (Fsp3) is 0.348. The first-order valence-electron chi connectivity index (χ1n) is 10.1. The molecule has 6 heteroatoms. The van der Waals surface area contributed by atoms with Gasteiger partial charge in [-0.15, -0.1) is 0 Å². The Kier molecular flexibility index (Phi) is 4.97. The molecule has 150 valence electrons. The van der Waals surface area contributed by atoms with E-state index in [-0.39, 0.29) is 0 Å². The summed E-state index contributed by atoms with van der Waals surface area (Å²) in [6.45, 7) is 5.29. The Morgan fingerprint density at radius 3 is 2.45 bits per heavy atom. The van der Waals surface area contributed by atoms with Crippen molar-refractivity contribution in [2.45, 2.75) is 29.6 Å². The lowest BCUT2D eigenvalue weighted by atomic mass is 9.98. The summed E-state index contributed by atoms with van der Waals surface area (Å²) < 4.78 is 25.1. The molecule has 1 fully saturated rings. The number of fused-ring (bicyclic) bond motifs is 2. The maximum absolute atomic E-state index is 13.5. The molecular formula is C23H24N2O3S. The van der Waals surface area contributed by atoms with Gasteiger partial charge in [-0.3, -0.25) is 4.98 Å². The molecule has 1 unspecified atom stereocenters. The maximum atomic E-state index is 13.5. The molecule has 0 saturated carbocycles. The van der Waals surface area contributed by atoms with Crippen molar-refractivity contribution in [2.75, 3.05) is 31.2 Å². The Hall–Kier alpha value is -2.44. The molecule has 0 N–H and O–H groups in total. The molecule has 0 bridgehead atoms. The quantitative estimate of drug-likeness (QED) is 0.601. The van der Waals surface area contributed by atoms with Crippen molar-refractivity contribution in [3.63, 3.8) is 0 Å². The van der Waals surface area contributed by atoms with Crippen molar-refractivity contribution in [1.29, 1.82) is 0 Å². The summed E-state index contributed by atoms with van der Waals surface area (Å²) in [7, 11) is 0. The van der Waals surface area contributed by atoms with Gasteiger partial charge in [-0.25, -0.2) is 0 Å². The topological polar surface area (TPSA) is 57.7 Å². The number of hydrogen-bond acceptors (Lipinski definition) is 5. The predicted molar refractivity (Wildman–Crippen MR) is 114 cm³/mol. The van der Waals surface area contributed by atoms with Crippen molar-refractivity contribution in [3.8, 4) is 11.5 Å². The van der Waals surface area contributed by atoms with Crippen LogP contribution in [0.25, 0.3) is 10.9 Å². The number of benzene rings is 2. The van der Waals surface area contributed by atoms with E-state index < -0.39 is 11.2 Å². The van der Waals surface area contributed by atoms with Gasteiger partial charge < -0.3 is 18.9 Å². The van der Waals surface area contributed by atoms with Gasteiger partial charge in [-0.05, 0) is 37.0 Å². The van der Waals surface area contributed by atoms with E-state index in [2.05, 4.69) is 16.8 Å². The standard InChI is InChI=1S/C23H24N2O3S/c1-16-7-9-25(10-8-16)23-18-13-20-21(28-12-11-27-20)14-19(18)24-15-22(23)29(26)17-5-3-2-4-6-17/h2-6,13-16H,7-12H2,1H3. The van der Waals surface area contributed by atoms with E-state index >= 15 is 0 Å². The van der Waals surface area contributed by atoms with Gasteiger partial charge in [-0.1, -0.05) is 25.1 Å². The Labute approximate surface area is 173 Å². The van der Waals surface area contributed by atoms with Gasteiger partial charge in [0.05, 0.1) is 11.7 Å². The van der Waals surface area contributed by atoms with Crippen LogP contribution in [0.15, 0.2) is 58.5 Å². The van der Waals surface area contributed by atoms with Gasteiger partial charge in [0.25, 0.3) is 0 Å². The van der Waals surface area contributed by atoms with Crippen molar-refractivity contribution in [3.05, 3.63) is 48.7 Å². The van der Waals surface area contributed by atoms with Gasteiger partial charge in [0.1, 0.15) is 18.9 Å². The van der Waals surface area contributed by atoms with Gasteiger partial charge in [0, 0.05) is 35.7 Å². The number of hydrogen-bond donors (Lipinski definition) is 0. The number of nitrogens with zero attached hydrogens (tertiary/aromatic N) is 2. The Morgan fingerprint density at radius 2 is 1.72 bits per heavy atom. The largest absolute Gasteiger partial charge is 0.606 e. The van der Waals surface area contributed by atoms with Gasteiger partial charge >= 0.3 is 0 Å². The van der Waals surface area contributed by atoms with E-state index in [0.717, 1.165) is 63.8 Å². The molecule has 2 aliphatic heterocycles. The van der Waals surface area contributed by atoms with Crippen LogP contribution in [0.5, 0.6) is 11.5 Å². The number of aromatic nitrogens is 1. The first-order valence-corrected chi connectivity index (χ1v) is 11.3. The smallest absolute Gasteiger partial charge is 0.200 e. The summed E-state index contributed by atoms with van der Waals surface area (Å²) in [5, 5.41) is 0.977. The van der Waals surface area contributed by atoms with Gasteiger partial charge in [0.15, 0.2) is 16.4 Å². The van der Waals surface area contributed by atoms with Crippen LogP contribution in [-0.4, -0.2) is 35.8 Å². The van der Waals surface area contributed by atoms with Crippen molar-refractivity contribution < 1.29 is 14.0 Å². The first-order chi connectivity index (χ1) is 14.2. The van der Waals surface area contributed by atoms with Crippen molar-refractivity contribution in [1.82, 2.24) is 4.98 Å². The highest BCUT2D eigenvalue weighted by Crippen LogP contribution is 2.42. The van der Waals surface area contributed by atoms with Crippen molar-refractivity contribution >= 4 is 27.8 Å². The van der Waals surface area contributed by atoms with E-state index in [9.17, 15) is 4.55 Å². The summed E-state index contributed by atoms with van der Waals surface area (Å²) in [5.41, 5.74) is 1.86. The summed E-state index contributed by atoms with van der Waals surface area (Å²) in [6, 6.07) is 13.6. The fourth-order valence-electron chi connectivity index (χ4n) is 4.06. The van der Waals surface area contributed by atoms with E-state index in [1.807, 2.05) is 42.5 Å². The Balaban J connectivity index is 1.68. The molecule has 1 atom stereocenters. The molecule has 1 aromatic heterocycles. The normalized spacial score (nSPS) is 18.1. The second-order valence-electron chi connectivity index (χ2n) is 7.74. The van der Waals surface area contributed by atoms with E-state index in [0.29, 0.717) is 19.1 Å². The fourth-order valence-corrected chi connectivity index (χ4v) is 5.28. The lowest BCUT2D eigenvalue weighted by Gasteiger charge is -2.34. The number of anilines is 1. The lowest BCUT2D eigenvalue weighted by Crippen LogP contribution is -2.34. The van der Waals surface area contributed by atoms with E-state index in [1.165, 1.54) is 0 Å². The number of rotatable bonds is 3. The molecule has 29 heavy (non-hydrogen) atoms. The van der Waals surface area contributed by atoms with Crippen LogP contribution >= 0.6 is 0 Å². The molecule has 0 spiro atoms. The zero-order valence-electron chi connectivity index (χ0n) is 16.5. The van der Waals surface area contributed by atoms with Crippen LogP contribution in [-0.2, 0) is 11.2 Å². The van der Waals surface area contributed by atoms with Crippen molar-refractivity contribution in [2.24, 2.45) is 5.92 Å². The molecule has 5 nitrogen and oxygen atoms in total. The molecule has 3 heterocycles. The minimum absolute atomic E-state index is 0.540. The summed E-state index contributed by atoms with van der Waals surface area (Å²) in [4.78, 5) is 8.57. The van der Waals surface area contributed by atoms with Crippen LogP contribution in [0.4, 0.5) is 5.69 Å². The SMILES string of the molecule is CC1CCN(c2c([S+]([O-])c3ccccc3)cnc3cc4c(cc23)OCCO4)CC1. The average molecular weight is 409 g/mol. The number of pyridine rings is 1. The second kappa shape index (κ2) is 7.76. The Bertz CT molecular complexity index is 1020. The van der Waals surface area contributed by atoms with Crippen LogP contribution in [0.1, 0.15) is 19.8 Å². The third kappa shape index (κ3) is 3.51. The van der Waals surface area contributed by atoms with Crippen LogP contribution in [0.3, 0.4) is 0 Å². The summed E-state index contributed by atoms with van der Waals surface area (Å²) >= 11 is -1.30. The molecule has 5 rings (SSSR count). The highest BCUT2D eigenvalue weighted by Gasteiger charge is 2.29. The minimum atomic E-state index is -1.30. The highest BCUT2D eigenvalue weighted by molar-refractivity contribution is 7.91. The van der Waals surface area contributed by atoms with E-state index in [4.69, 9.17) is 9.47 Å². The molecule has 3 aromatic rings. The maximum Gasteiger partial charge on any atom is 0.200 e. The molecule has 2 aromatic carbocycles. The van der Waals surface area contributed by atoms with Crippen LogP contribution in [0, 0.1) is 5.92 Å². The number of piperidine rings is 1. The zero-order chi connectivity index (χ0) is 19.8. The minimum Gasteiger partial charge on any atom is -0.606 e. The average Bonchev–Trinajstić information content (AvgIpc) is 2.78. The summed E-state index contributed by atoms with van der Waals surface area (Å²) in [5.74, 6) is 2.18. The first kappa shape index (κ1) is 18.6. The van der Waals surface area contributed by atoms with Gasteiger partial charge in [0.2, 0.25) is 4.90 Å². The molecule has 0 radical (unpaired) electrons. The lowest BCUT2D eigenvalue weighted by molar-refractivity contribution is 0.172. The highest BCUT2D eigenvalue weighted by atomic mass is 32.2. The summed E-state index contributed by atoms with van der Waals surface area (Å²) in [6.07, 6.45) is 4.03. The monoisotopic (exact) mass is 408 g/mol. The molecular weight excluding hydrogens is 384 g/mol. The van der Waals surface area contributed by atoms with Crippen LogP contribution in [0.2, 0.25) is 0 Å². The van der Waals surface area contributed by atoms with E-state index in [1.54, 1.807) is 6.20 Å². The van der Waals surface area contributed by atoms with Gasteiger partial charge in [-0.2, -0.15) is 0 Å². The third-order valence-electron chi connectivity index (χ3n) is 5.73. The zero-order valence-corrected chi connectivity index (χ0v) is 17.3. The molecule has 1 saturated heterocycles. The van der Waals surface area contributed by atoms with Crippen LogP contribution < -0.4 is 14.4 Å². The molecule has 0 aliphatic carbocycles. The third-order valence-corrected chi connectivity index (χ3v) is 7.13. The molecule has 2 aliphatic rings. The second-order valence-corrected chi connectivity index (χ2v) is 9.18. The number of ether oxygens (including phenoxy) is 2. The Morgan fingerprint density at radius 1 is 1.03 bits per heavy atom. The molecule has 0 amide bonds.